The number of nitrogens with zero attached hydrogens (tertiary/aromatic N) is 2. The minimum atomic E-state index is -0.407. The summed E-state index contributed by atoms with van der Waals surface area (Å²) in [6, 6.07) is 68.2. The van der Waals surface area contributed by atoms with Crippen molar-refractivity contribution in [2.24, 2.45) is 0 Å². The molecule has 13 rings (SSSR count). The van der Waals surface area contributed by atoms with Crippen LogP contribution in [0.15, 0.2) is 198 Å². The monoisotopic (exact) mass is 756 g/mol. The van der Waals surface area contributed by atoms with E-state index >= 15 is 0 Å². The van der Waals surface area contributed by atoms with E-state index in [1.807, 2.05) is 11.8 Å². The fourth-order valence-corrected chi connectivity index (χ4v) is 11.9. The zero-order valence-corrected chi connectivity index (χ0v) is 32.5. The number of hydrogen-bond donors (Lipinski definition) is 0. The molecule has 1 spiro atoms. The lowest BCUT2D eigenvalue weighted by Crippen LogP contribution is -2.31. The molecule has 1 aliphatic heterocycles. The summed E-state index contributed by atoms with van der Waals surface area (Å²) in [6.07, 6.45) is 6.78. The van der Waals surface area contributed by atoms with Crippen molar-refractivity contribution in [3.05, 3.63) is 222 Å². The van der Waals surface area contributed by atoms with Crippen LogP contribution in [0.5, 0.6) is 0 Å². The van der Waals surface area contributed by atoms with Crippen molar-refractivity contribution in [3.8, 4) is 33.6 Å². The molecule has 0 fully saturated rings. The Kier molecular flexibility index (Phi) is 6.74. The number of para-hydroxylation sites is 2. The molecule has 0 bridgehead atoms. The second-order valence-electron chi connectivity index (χ2n) is 15.9. The van der Waals surface area contributed by atoms with Gasteiger partial charge in [-0.15, -0.1) is 0 Å². The number of rotatable bonds is 3. The molecule has 3 aliphatic rings. The van der Waals surface area contributed by atoms with Crippen LogP contribution in [-0.2, 0) is 11.8 Å². The van der Waals surface area contributed by atoms with Crippen LogP contribution in [0.1, 0.15) is 39.9 Å². The normalized spacial score (nSPS) is 14.4. The fourth-order valence-electron chi connectivity index (χ4n) is 10.7. The van der Waals surface area contributed by atoms with Gasteiger partial charge in [-0.05, 0) is 124 Å². The first-order chi connectivity index (χ1) is 28.8. The van der Waals surface area contributed by atoms with E-state index in [9.17, 15) is 0 Å². The van der Waals surface area contributed by atoms with Crippen molar-refractivity contribution in [2.45, 2.75) is 28.0 Å². The second kappa shape index (κ2) is 12.1. The van der Waals surface area contributed by atoms with Crippen LogP contribution in [0.4, 0.5) is 0 Å². The summed E-state index contributed by atoms with van der Waals surface area (Å²) in [5.74, 6) is 0. The van der Waals surface area contributed by atoms with Gasteiger partial charge in [-0.3, -0.25) is 0 Å². The smallest absolute Gasteiger partial charge is 0.0736 e. The summed E-state index contributed by atoms with van der Waals surface area (Å²) >= 11 is 1.90. The van der Waals surface area contributed by atoms with E-state index in [0.29, 0.717) is 0 Å². The van der Waals surface area contributed by atoms with Crippen LogP contribution in [-0.4, -0.2) is 9.13 Å². The van der Waals surface area contributed by atoms with Crippen LogP contribution in [0, 0.1) is 0 Å². The standard InChI is InChI=1S/C55H36N2S/c1-2-14-37(15-3-1)56-49-22-10-5-17-40(49)43-32-36(28-31-51(43)56)35-26-29-38(30-27-35)57-50-23-11-6-18-41(50)44-33-42-39-16-4-7-19-45(39)55(48(42)34-52(44)57)46-20-8-12-24-53(46)58-54-25-13-9-21-47(54)55/h1-10,12-22,24-34H,11,23H2. The Hall–Kier alpha value is -6.81. The quantitative estimate of drug-likeness (QED) is 0.175. The fraction of sp³-hybridized carbons (Fsp3) is 0.0545. The lowest BCUT2D eigenvalue weighted by Gasteiger charge is -2.39. The molecular formula is C55H36N2S. The van der Waals surface area contributed by atoms with Gasteiger partial charge in [-0.25, -0.2) is 0 Å². The Morgan fingerprint density at radius 3 is 1.90 bits per heavy atom. The van der Waals surface area contributed by atoms with E-state index < -0.39 is 5.41 Å². The Labute approximate surface area is 341 Å². The number of benzene rings is 8. The Morgan fingerprint density at radius 1 is 0.431 bits per heavy atom. The first-order valence-corrected chi connectivity index (χ1v) is 21.1. The summed E-state index contributed by atoms with van der Waals surface area (Å²) < 4.78 is 4.95. The average Bonchev–Trinajstić information content (AvgIpc) is 3.90. The van der Waals surface area contributed by atoms with E-state index in [1.165, 1.54) is 110 Å². The van der Waals surface area contributed by atoms with E-state index in [2.05, 4.69) is 203 Å². The maximum Gasteiger partial charge on any atom is 0.0736 e. The Bertz CT molecular complexity index is 3320. The van der Waals surface area contributed by atoms with E-state index in [0.717, 1.165) is 12.8 Å². The van der Waals surface area contributed by atoms with Crippen molar-refractivity contribution in [3.63, 3.8) is 0 Å². The van der Waals surface area contributed by atoms with Gasteiger partial charge in [0.1, 0.15) is 0 Å². The first kappa shape index (κ1) is 32.3. The van der Waals surface area contributed by atoms with Crippen LogP contribution < -0.4 is 0 Å². The highest BCUT2D eigenvalue weighted by Gasteiger charge is 2.50. The predicted molar refractivity (Wildman–Crippen MR) is 242 cm³/mol. The van der Waals surface area contributed by atoms with Crippen LogP contribution >= 0.6 is 11.8 Å². The van der Waals surface area contributed by atoms with Gasteiger partial charge in [0.15, 0.2) is 0 Å². The maximum absolute atomic E-state index is 2.57. The van der Waals surface area contributed by atoms with E-state index in [-0.39, 0.29) is 0 Å². The number of hydrogen-bond acceptors (Lipinski definition) is 1. The molecule has 3 heteroatoms. The summed E-state index contributed by atoms with van der Waals surface area (Å²) in [5.41, 5.74) is 19.1. The first-order valence-electron chi connectivity index (χ1n) is 20.3. The molecule has 0 saturated heterocycles. The molecule has 0 amide bonds. The zero-order valence-electron chi connectivity index (χ0n) is 31.7. The highest BCUT2D eigenvalue weighted by molar-refractivity contribution is 7.99. The third-order valence-corrected chi connectivity index (χ3v) is 14.2. The SMILES string of the molecule is C1=Cc2c(n(-c3ccc(-c4ccc5c(c4)c4ccccc4n5-c4ccccc4)cc3)c3cc4c(cc23)-c2ccccc2C42c3ccccc3Sc3ccccc32)CC1. The van der Waals surface area contributed by atoms with Gasteiger partial charge in [0.2, 0.25) is 0 Å². The average molecular weight is 757 g/mol. The highest BCUT2D eigenvalue weighted by Crippen LogP contribution is 2.62. The summed E-state index contributed by atoms with van der Waals surface area (Å²) in [5, 5.41) is 3.87. The van der Waals surface area contributed by atoms with Gasteiger partial charge in [-0.1, -0.05) is 139 Å². The van der Waals surface area contributed by atoms with Gasteiger partial charge in [0, 0.05) is 48.6 Å². The molecule has 10 aromatic rings. The van der Waals surface area contributed by atoms with Gasteiger partial charge in [0.05, 0.1) is 22.0 Å². The van der Waals surface area contributed by atoms with Gasteiger partial charge in [-0.2, -0.15) is 0 Å². The van der Waals surface area contributed by atoms with Crippen molar-refractivity contribution in [2.75, 3.05) is 0 Å². The van der Waals surface area contributed by atoms with Crippen molar-refractivity contribution >= 4 is 50.5 Å². The molecule has 0 radical (unpaired) electrons. The molecule has 2 aliphatic carbocycles. The Balaban J connectivity index is 1.00. The minimum Gasteiger partial charge on any atom is -0.313 e. The van der Waals surface area contributed by atoms with Crippen LogP contribution in [0.2, 0.25) is 0 Å². The van der Waals surface area contributed by atoms with E-state index in [1.54, 1.807) is 0 Å². The van der Waals surface area contributed by atoms with Crippen LogP contribution in [0.3, 0.4) is 0 Å². The van der Waals surface area contributed by atoms with Gasteiger partial charge in [0.25, 0.3) is 0 Å². The third-order valence-electron chi connectivity index (χ3n) is 13.1. The van der Waals surface area contributed by atoms with Crippen molar-refractivity contribution < 1.29 is 0 Å². The summed E-state index contributed by atoms with van der Waals surface area (Å²) in [4.78, 5) is 2.67. The molecule has 272 valence electrons. The third kappa shape index (κ3) is 4.29. The number of allylic oxidation sites excluding steroid dienone is 1. The lowest BCUT2D eigenvalue weighted by molar-refractivity contribution is 0.723. The number of aromatic nitrogens is 2. The Morgan fingerprint density at radius 2 is 1.09 bits per heavy atom. The van der Waals surface area contributed by atoms with E-state index in [4.69, 9.17) is 0 Å². The molecule has 0 saturated carbocycles. The molecule has 2 aromatic heterocycles. The predicted octanol–water partition coefficient (Wildman–Crippen LogP) is 14.2. The molecule has 0 atom stereocenters. The molecule has 8 aromatic carbocycles. The van der Waals surface area contributed by atoms with Crippen molar-refractivity contribution in [1.29, 1.82) is 0 Å². The molecule has 0 N–H and O–H groups in total. The summed E-state index contributed by atoms with van der Waals surface area (Å²) in [6.45, 7) is 0. The number of fused-ring (bicyclic) bond motifs is 15. The molecular weight excluding hydrogens is 721 g/mol. The highest BCUT2D eigenvalue weighted by atomic mass is 32.2. The minimum absolute atomic E-state index is 0.407. The molecule has 58 heavy (non-hydrogen) atoms. The zero-order chi connectivity index (χ0) is 38.0. The lowest BCUT2D eigenvalue weighted by atomic mass is 9.67. The molecule has 2 nitrogen and oxygen atoms in total. The molecule has 3 heterocycles. The van der Waals surface area contributed by atoms with Gasteiger partial charge >= 0.3 is 0 Å². The second-order valence-corrected chi connectivity index (χ2v) is 17.0. The largest absolute Gasteiger partial charge is 0.313 e. The van der Waals surface area contributed by atoms with Gasteiger partial charge < -0.3 is 9.13 Å². The summed E-state index contributed by atoms with van der Waals surface area (Å²) in [7, 11) is 0. The maximum atomic E-state index is 2.57. The molecule has 0 unspecified atom stereocenters. The van der Waals surface area contributed by atoms with Crippen molar-refractivity contribution in [1.82, 2.24) is 9.13 Å². The topological polar surface area (TPSA) is 9.86 Å². The van der Waals surface area contributed by atoms with Crippen LogP contribution in [0.25, 0.3) is 72.4 Å².